The zero-order valence-electron chi connectivity index (χ0n) is 31.6. The first-order valence-corrected chi connectivity index (χ1v) is 18.2. The highest BCUT2D eigenvalue weighted by atomic mass is 16.5. The van der Waals surface area contributed by atoms with Crippen LogP contribution >= 0.6 is 0 Å². The van der Waals surface area contributed by atoms with E-state index >= 15 is 0 Å². The number of fused-ring (bicyclic) bond motifs is 2. The molecule has 0 aromatic heterocycles. The molecule has 0 saturated carbocycles. The largest absolute Gasteiger partial charge is 0.427 e. The molecule has 4 rings (SSSR count). The second-order valence-corrected chi connectivity index (χ2v) is 13.1. The Hall–Kier alpha value is -4.61. The summed E-state index contributed by atoms with van der Waals surface area (Å²) < 4.78 is 5.68. The summed E-state index contributed by atoms with van der Waals surface area (Å²) in [5.41, 5.74) is 6.97. The van der Waals surface area contributed by atoms with Crippen LogP contribution in [0.1, 0.15) is 104 Å². The van der Waals surface area contributed by atoms with Gasteiger partial charge in [0.15, 0.2) is 0 Å². The zero-order chi connectivity index (χ0) is 36.8. The van der Waals surface area contributed by atoms with E-state index in [4.69, 9.17) is 4.74 Å². The number of benzene rings is 2. The highest BCUT2D eigenvalue weighted by molar-refractivity contribution is 5.87. The summed E-state index contributed by atoms with van der Waals surface area (Å²) in [4.78, 5) is 12.9. The Morgan fingerprint density at radius 2 is 1.72 bits per heavy atom. The third-order valence-electron chi connectivity index (χ3n) is 10.1. The number of para-hydroxylation sites is 1. The maximum Gasteiger partial charge on any atom is 0.311 e. The molecule has 0 aliphatic heterocycles. The molecule has 3 unspecified atom stereocenters. The molecule has 2 aromatic rings. The van der Waals surface area contributed by atoms with Gasteiger partial charge >= 0.3 is 5.97 Å². The Bertz CT molecular complexity index is 1600. The van der Waals surface area contributed by atoms with E-state index in [2.05, 4.69) is 120 Å². The van der Waals surface area contributed by atoms with Gasteiger partial charge in [-0.05, 0) is 98.1 Å². The highest BCUT2D eigenvalue weighted by Gasteiger charge is 2.52. The summed E-state index contributed by atoms with van der Waals surface area (Å²) in [6, 6.07) is 18.4. The van der Waals surface area contributed by atoms with Crippen molar-refractivity contribution in [3.63, 3.8) is 0 Å². The summed E-state index contributed by atoms with van der Waals surface area (Å²) in [6.45, 7) is 20.5. The van der Waals surface area contributed by atoms with Crippen LogP contribution in [0.4, 0.5) is 0 Å². The fourth-order valence-corrected chi connectivity index (χ4v) is 7.32. The van der Waals surface area contributed by atoms with Crippen LogP contribution in [-0.2, 0) is 10.2 Å². The number of carbonyl (C=O) groups is 1. The number of esters is 1. The fourth-order valence-electron chi connectivity index (χ4n) is 7.32. The number of rotatable bonds is 15. The van der Waals surface area contributed by atoms with Crippen LogP contribution in [0, 0.1) is 23.7 Å². The molecule has 50 heavy (non-hydrogen) atoms. The molecule has 2 heteroatoms. The van der Waals surface area contributed by atoms with Crippen LogP contribution in [-0.4, -0.2) is 5.97 Å². The molecule has 2 aromatic carbocycles. The van der Waals surface area contributed by atoms with Gasteiger partial charge in [-0.1, -0.05) is 162 Å². The van der Waals surface area contributed by atoms with Crippen LogP contribution in [0.2, 0.25) is 0 Å². The minimum atomic E-state index is -0.160. The molecule has 3 atom stereocenters. The predicted molar refractivity (Wildman–Crippen MR) is 218 cm³/mol. The number of hydrogen-bond donors (Lipinski definition) is 0. The lowest BCUT2D eigenvalue weighted by molar-refractivity contribution is -0.134. The minimum absolute atomic E-state index is 0.0920. The molecule has 0 spiro atoms. The first kappa shape index (κ1) is 41.6. The van der Waals surface area contributed by atoms with Gasteiger partial charge in [0.2, 0.25) is 0 Å². The quantitative estimate of drug-likeness (QED) is 0.0817. The van der Waals surface area contributed by atoms with Gasteiger partial charge in [-0.2, -0.15) is 0 Å². The van der Waals surface area contributed by atoms with Crippen LogP contribution in [0.25, 0.3) is 5.57 Å². The minimum Gasteiger partial charge on any atom is -0.427 e. The molecule has 0 heterocycles. The van der Waals surface area contributed by atoms with Crippen LogP contribution in [0.15, 0.2) is 146 Å². The van der Waals surface area contributed by atoms with Crippen molar-refractivity contribution in [1.29, 1.82) is 0 Å². The third-order valence-corrected chi connectivity index (χ3v) is 10.1. The van der Waals surface area contributed by atoms with Crippen molar-refractivity contribution in [1.82, 2.24) is 0 Å². The van der Waals surface area contributed by atoms with Crippen molar-refractivity contribution in [2.24, 2.45) is 11.3 Å². The zero-order valence-corrected chi connectivity index (χ0v) is 31.6. The lowest BCUT2D eigenvalue weighted by atomic mass is 9.54. The van der Waals surface area contributed by atoms with E-state index < -0.39 is 0 Å². The van der Waals surface area contributed by atoms with Crippen LogP contribution < -0.4 is 4.74 Å². The standard InChI is InChI=1S/C40H48O2.C5H8.C3H4/c1-6-9-20-32(19-7-2)28-30-39(5,8-3)31(4)40(29-18-27-38(41)42-33-21-12-10-13-22-33)36-25-15-11-14-23-34(36)35-24-16-17-26-37(35)40;1-3-5-4-2;1-3-2/h6,9-17,19-24,26,31H,1,7-8,18,25,27-30H2,2-5H3;3-5H,1H2,2H3;1H,2H3/b20-9-,32-19+;5-4-;. The topological polar surface area (TPSA) is 26.3 Å². The van der Waals surface area contributed by atoms with Gasteiger partial charge < -0.3 is 4.74 Å². The van der Waals surface area contributed by atoms with E-state index in [1.807, 2.05) is 55.5 Å². The van der Waals surface area contributed by atoms with Crippen molar-refractivity contribution in [3.8, 4) is 18.1 Å². The van der Waals surface area contributed by atoms with E-state index in [1.165, 1.54) is 27.8 Å². The molecule has 0 amide bonds. The van der Waals surface area contributed by atoms with Gasteiger partial charge in [-0.3, -0.25) is 4.79 Å². The first-order chi connectivity index (χ1) is 24.2. The second kappa shape index (κ2) is 22.2. The molecular weight excluding hydrogens is 609 g/mol. The van der Waals surface area contributed by atoms with Gasteiger partial charge in [0.25, 0.3) is 0 Å². The molecule has 264 valence electrons. The Balaban J connectivity index is 0.000000979. The number of allylic oxidation sites excluding steroid dienone is 14. The molecular formula is C48H60O2. The number of ether oxygens (including phenoxy) is 1. The lowest BCUT2D eigenvalue weighted by Crippen LogP contribution is -2.43. The molecule has 2 aliphatic rings. The maximum atomic E-state index is 12.9. The molecule has 2 nitrogen and oxygen atoms in total. The van der Waals surface area contributed by atoms with Gasteiger partial charge in [0.1, 0.15) is 5.75 Å². The lowest BCUT2D eigenvalue weighted by Gasteiger charge is -2.49. The Morgan fingerprint density at radius 1 is 1.04 bits per heavy atom. The van der Waals surface area contributed by atoms with Crippen LogP contribution in [0.3, 0.4) is 0 Å². The summed E-state index contributed by atoms with van der Waals surface area (Å²) in [5, 5.41) is 0. The van der Waals surface area contributed by atoms with E-state index in [-0.39, 0.29) is 16.8 Å². The summed E-state index contributed by atoms with van der Waals surface area (Å²) in [7, 11) is 0. The molecule has 0 radical (unpaired) electrons. The Labute approximate surface area is 304 Å². The molecule has 0 N–H and O–H groups in total. The average molecular weight is 669 g/mol. The van der Waals surface area contributed by atoms with E-state index in [0.717, 1.165) is 44.9 Å². The normalized spacial score (nSPS) is 18.0. The van der Waals surface area contributed by atoms with E-state index in [9.17, 15) is 4.79 Å². The van der Waals surface area contributed by atoms with Crippen molar-refractivity contribution in [2.75, 3.05) is 0 Å². The van der Waals surface area contributed by atoms with Crippen LogP contribution in [0.5, 0.6) is 5.75 Å². The third kappa shape index (κ3) is 11.2. The van der Waals surface area contributed by atoms with E-state index in [1.54, 1.807) is 13.0 Å². The number of terminal acetylenes is 1. The van der Waals surface area contributed by atoms with Gasteiger partial charge in [0.05, 0.1) is 0 Å². The van der Waals surface area contributed by atoms with Crippen molar-refractivity contribution < 1.29 is 9.53 Å². The van der Waals surface area contributed by atoms with E-state index in [0.29, 0.717) is 18.1 Å². The summed E-state index contributed by atoms with van der Waals surface area (Å²) in [5.74, 6) is 3.06. The maximum absolute atomic E-state index is 12.9. The van der Waals surface area contributed by atoms with Crippen molar-refractivity contribution in [2.45, 2.75) is 98.3 Å². The van der Waals surface area contributed by atoms with Gasteiger partial charge in [-0.25, -0.2) is 0 Å². The first-order valence-electron chi connectivity index (χ1n) is 18.2. The molecule has 0 fully saturated rings. The monoisotopic (exact) mass is 668 g/mol. The van der Waals surface area contributed by atoms with Crippen molar-refractivity contribution in [3.05, 3.63) is 157 Å². The SMILES string of the molecule is C#CC.C=C/C=C\C.C=C/C=C\C(=C/CC)CCC(C)(CC)C(C)C1(CCCC(=O)Oc2ccccc2)C2=C(C=CC=CC2)c2ccccc21. The smallest absolute Gasteiger partial charge is 0.311 e. The molecule has 2 aliphatic carbocycles. The number of carbonyl (C=O) groups excluding carboxylic acids is 1. The van der Waals surface area contributed by atoms with Gasteiger partial charge in [0, 0.05) is 11.8 Å². The van der Waals surface area contributed by atoms with Crippen molar-refractivity contribution >= 4 is 11.5 Å². The fraction of sp³-hybridized carbons (Fsp3) is 0.354. The summed E-state index contributed by atoms with van der Waals surface area (Å²) in [6.07, 6.45) is 34.9. The second-order valence-electron chi connectivity index (χ2n) is 13.1. The molecule has 0 saturated heterocycles. The Morgan fingerprint density at radius 3 is 2.34 bits per heavy atom. The number of hydrogen-bond acceptors (Lipinski definition) is 2. The van der Waals surface area contributed by atoms with Gasteiger partial charge in [-0.15, -0.1) is 12.3 Å². The Kier molecular flexibility index (Phi) is 18.4. The predicted octanol–water partition coefficient (Wildman–Crippen LogP) is 13.3. The molecule has 0 bridgehead atoms. The summed E-state index contributed by atoms with van der Waals surface area (Å²) >= 11 is 0. The highest BCUT2D eigenvalue weighted by Crippen LogP contribution is 2.60. The average Bonchev–Trinajstić information content (AvgIpc) is 3.23.